The van der Waals surface area contributed by atoms with Crippen molar-refractivity contribution in [3.63, 3.8) is 0 Å². The summed E-state index contributed by atoms with van der Waals surface area (Å²) < 4.78 is 5.65. The first-order valence-electron chi connectivity index (χ1n) is 6.35. The van der Waals surface area contributed by atoms with Gasteiger partial charge in [-0.15, -0.1) is 0 Å². The molecule has 1 heterocycles. The van der Waals surface area contributed by atoms with Crippen LogP contribution in [-0.4, -0.2) is 23.9 Å². The van der Waals surface area contributed by atoms with Gasteiger partial charge in [-0.3, -0.25) is 0 Å². The number of aliphatic hydroxyl groups excluding tert-OH is 1. The highest BCUT2D eigenvalue weighted by molar-refractivity contribution is 5.17. The van der Waals surface area contributed by atoms with Crippen LogP contribution < -0.4 is 0 Å². The number of epoxide rings is 1. The number of unbranched alkanes of at least 4 members (excludes halogenated alkanes) is 1. The molecule has 92 valence electrons. The fraction of sp³-hybridized carbons (Fsp3) is 0.467. The Hall–Kier alpha value is -1.12. The first-order valence-corrected chi connectivity index (χ1v) is 6.35. The van der Waals surface area contributed by atoms with E-state index in [-0.39, 0.29) is 6.61 Å². The molecule has 1 aliphatic heterocycles. The molecule has 0 spiro atoms. The predicted octanol–water partition coefficient (Wildman–Crippen LogP) is 2.72. The fourth-order valence-corrected chi connectivity index (χ4v) is 2.09. The molecule has 1 aromatic rings. The number of rotatable bonds is 7. The normalized spacial score (nSPS) is 23.1. The van der Waals surface area contributed by atoms with Crippen molar-refractivity contribution in [2.75, 3.05) is 6.61 Å². The number of ether oxygens (including phenoxy) is 1. The van der Waals surface area contributed by atoms with Gasteiger partial charge in [-0.05, 0) is 24.8 Å². The largest absolute Gasteiger partial charge is 0.392 e. The SMILES string of the molecule is OC/C=C/CCC[C@H]1O[C@@H]1Cc1ccccc1. The minimum Gasteiger partial charge on any atom is -0.392 e. The van der Waals surface area contributed by atoms with Crippen LogP contribution in [0, 0.1) is 0 Å². The Balaban J connectivity index is 1.60. The second-order valence-electron chi connectivity index (χ2n) is 4.49. The van der Waals surface area contributed by atoms with Gasteiger partial charge in [-0.1, -0.05) is 42.5 Å². The van der Waals surface area contributed by atoms with E-state index in [0.29, 0.717) is 12.2 Å². The van der Waals surface area contributed by atoms with E-state index < -0.39 is 0 Å². The number of aliphatic hydroxyl groups is 1. The third-order valence-electron chi connectivity index (χ3n) is 3.10. The molecule has 0 aliphatic carbocycles. The summed E-state index contributed by atoms with van der Waals surface area (Å²) in [7, 11) is 0. The van der Waals surface area contributed by atoms with Crippen LogP contribution in [-0.2, 0) is 11.2 Å². The second kappa shape index (κ2) is 6.58. The third kappa shape index (κ3) is 4.33. The van der Waals surface area contributed by atoms with Gasteiger partial charge in [0, 0.05) is 6.42 Å². The topological polar surface area (TPSA) is 32.8 Å². The van der Waals surface area contributed by atoms with E-state index in [2.05, 4.69) is 24.3 Å². The molecule has 0 aromatic heterocycles. The lowest BCUT2D eigenvalue weighted by Crippen LogP contribution is -1.98. The predicted molar refractivity (Wildman–Crippen MR) is 68.9 cm³/mol. The molecule has 2 nitrogen and oxygen atoms in total. The number of benzene rings is 1. The van der Waals surface area contributed by atoms with Gasteiger partial charge in [0.05, 0.1) is 18.8 Å². The summed E-state index contributed by atoms with van der Waals surface area (Å²) in [6.45, 7) is 0.149. The maximum absolute atomic E-state index is 8.58. The molecule has 2 heteroatoms. The Labute approximate surface area is 103 Å². The van der Waals surface area contributed by atoms with Crippen molar-refractivity contribution in [2.45, 2.75) is 37.9 Å². The number of allylic oxidation sites excluding steroid dienone is 1. The number of hydrogen-bond donors (Lipinski definition) is 1. The monoisotopic (exact) mass is 232 g/mol. The van der Waals surface area contributed by atoms with Crippen LogP contribution in [0.15, 0.2) is 42.5 Å². The quantitative estimate of drug-likeness (QED) is 0.445. The lowest BCUT2D eigenvalue weighted by Gasteiger charge is -1.96. The molecular weight excluding hydrogens is 212 g/mol. The smallest absolute Gasteiger partial charge is 0.0882 e. The van der Waals surface area contributed by atoms with Crippen molar-refractivity contribution in [1.82, 2.24) is 0 Å². The van der Waals surface area contributed by atoms with Crippen molar-refractivity contribution in [2.24, 2.45) is 0 Å². The van der Waals surface area contributed by atoms with Crippen LogP contribution in [0.1, 0.15) is 24.8 Å². The zero-order valence-electron chi connectivity index (χ0n) is 10.1. The van der Waals surface area contributed by atoms with Crippen molar-refractivity contribution in [1.29, 1.82) is 0 Å². The highest BCUT2D eigenvalue weighted by Gasteiger charge is 2.37. The molecular formula is C15H20O2. The number of hydrogen-bond acceptors (Lipinski definition) is 2. The highest BCUT2D eigenvalue weighted by atomic mass is 16.6. The summed E-state index contributed by atoms with van der Waals surface area (Å²) in [5.41, 5.74) is 1.36. The molecule has 0 radical (unpaired) electrons. The third-order valence-corrected chi connectivity index (χ3v) is 3.10. The molecule has 0 saturated carbocycles. The Bertz CT molecular complexity index is 345. The van der Waals surface area contributed by atoms with Gasteiger partial charge in [0.15, 0.2) is 0 Å². The minimum atomic E-state index is 0.149. The molecule has 17 heavy (non-hydrogen) atoms. The summed E-state index contributed by atoms with van der Waals surface area (Å²) in [5, 5.41) is 8.58. The highest BCUT2D eigenvalue weighted by Crippen LogP contribution is 2.30. The van der Waals surface area contributed by atoms with E-state index in [9.17, 15) is 0 Å². The maximum Gasteiger partial charge on any atom is 0.0882 e. The van der Waals surface area contributed by atoms with Gasteiger partial charge in [-0.25, -0.2) is 0 Å². The van der Waals surface area contributed by atoms with Gasteiger partial charge in [0.25, 0.3) is 0 Å². The summed E-state index contributed by atoms with van der Waals surface area (Å²) in [4.78, 5) is 0. The first-order chi connectivity index (χ1) is 8.40. The van der Waals surface area contributed by atoms with Gasteiger partial charge >= 0.3 is 0 Å². The van der Waals surface area contributed by atoms with Gasteiger partial charge in [-0.2, -0.15) is 0 Å². The summed E-state index contributed by atoms with van der Waals surface area (Å²) in [6.07, 6.45) is 9.08. The zero-order chi connectivity index (χ0) is 11.9. The molecule has 1 aromatic carbocycles. The van der Waals surface area contributed by atoms with Crippen LogP contribution in [0.2, 0.25) is 0 Å². The average Bonchev–Trinajstić information content (AvgIpc) is 3.09. The van der Waals surface area contributed by atoms with Crippen molar-refractivity contribution < 1.29 is 9.84 Å². The standard InChI is InChI=1S/C15H20O2/c16-11-7-2-1-6-10-14-15(17-14)12-13-8-4-3-5-9-13/h2-5,7-9,14-16H,1,6,10-12H2/b7-2+/t14-,15-/m1/s1. The van der Waals surface area contributed by atoms with Crippen molar-refractivity contribution in [3.05, 3.63) is 48.0 Å². The summed E-state index contributed by atoms with van der Waals surface area (Å²) in [6, 6.07) is 10.5. The lowest BCUT2D eigenvalue weighted by molar-refractivity contribution is 0.342. The minimum absolute atomic E-state index is 0.149. The molecule has 0 bridgehead atoms. The Morgan fingerprint density at radius 1 is 1.12 bits per heavy atom. The molecule has 1 N–H and O–H groups in total. The van der Waals surface area contributed by atoms with Crippen molar-refractivity contribution in [3.8, 4) is 0 Å². The van der Waals surface area contributed by atoms with Gasteiger partial charge in [0.2, 0.25) is 0 Å². The second-order valence-corrected chi connectivity index (χ2v) is 4.49. The van der Waals surface area contributed by atoms with E-state index in [4.69, 9.17) is 9.84 Å². The van der Waals surface area contributed by atoms with Crippen LogP contribution in [0.3, 0.4) is 0 Å². The van der Waals surface area contributed by atoms with E-state index in [1.807, 2.05) is 12.1 Å². The molecule has 2 atom stereocenters. The van der Waals surface area contributed by atoms with Gasteiger partial charge < -0.3 is 9.84 Å². The first kappa shape index (κ1) is 12.3. The summed E-state index contributed by atoms with van der Waals surface area (Å²) in [5.74, 6) is 0. The summed E-state index contributed by atoms with van der Waals surface area (Å²) >= 11 is 0. The fourth-order valence-electron chi connectivity index (χ4n) is 2.09. The molecule has 0 unspecified atom stereocenters. The van der Waals surface area contributed by atoms with Crippen LogP contribution >= 0.6 is 0 Å². The van der Waals surface area contributed by atoms with Crippen LogP contribution in [0.25, 0.3) is 0 Å². The molecule has 0 amide bonds. The lowest BCUT2D eigenvalue weighted by atomic mass is 10.1. The van der Waals surface area contributed by atoms with Crippen LogP contribution in [0.4, 0.5) is 0 Å². The maximum atomic E-state index is 8.58. The van der Waals surface area contributed by atoms with E-state index >= 15 is 0 Å². The average molecular weight is 232 g/mol. The zero-order valence-corrected chi connectivity index (χ0v) is 10.1. The molecule has 1 fully saturated rings. The van der Waals surface area contributed by atoms with E-state index in [1.54, 1.807) is 6.08 Å². The molecule has 1 aliphatic rings. The molecule has 2 rings (SSSR count). The van der Waals surface area contributed by atoms with E-state index in [1.165, 1.54) is 5.56 Å². The molecule has 1 saturated heterocycles. The van der Waals surface area contributed by atoms with Crippen molar-refractivity contribution >= 4 is 0 Å². The van der Waals surface area contributed by atoms with Crippen LogP contribution in [0.5, 0.6) is 0 Å². The van der Waals surface area contributed by atoms with E-state index in [0.717, 1.165) is 25.7 Å². The Morgan fingerprint density at radius 2 is 1.94 bits per heavy atom. The Kier molecular flexibility index (Phi) is 4.77. The Morgan fingerprint density at radius 3 is 2.71 bits per heavy atom. The van der Waals surface area contributed by atoms with Gasteiger partial charge in [0.1, 0.15) is 0 Å².